The molecular formula is C23H34N2O3S. The van der Waals surface area contributed by atoms with E-state index in [9.17, 15) is 13.2 Å². The number of aryl methyl sites for hydroxylation is 2. The average molecular weight is 419 g/mol. The lowest BCUT2D eigenvalue weighted by Crippen LogP contribution is -2.48. The summed E-state index contributed by atoms with van der Waals surface area (Å²) in [5, 5.41) is 3.28. The summed E-state index contributed by atoms with van der Waals surface area (Å²) in [5.74, 6) is 1.19. The van der Waals surface area contributed by atoms with Crippen molar-refractivity contribution in [3.05, 3.63) is 29.3 Å². The van der Waals surface area contributed by atoms with Crippen LogP contribution in [0, 0.1) is 17.8 Å². The second-order valence-electron chi connectivity index (χ2n) is 9.34. The summed E-state index contributed by atoms with van der Waals surface area (Å²) in [6.07, 6.45) is 7.81. The minimum Gasteiger partial charge on any atom is -0.353 e. The van der Waals surface area contributed by atoms with Crippen LogP contribution in [0.15, 0.2) is 23.1 Å². The second kappa shape index (κ2) is 8.38. The zero-order chi connectivity index (χ0) is 20.6. The SMILES string of the molecule is C[C@H]1[C@H](C)CCC[C@@H]1NC(=O)C1CCN(S(=O)(=O)c2ccc3c(c2)CCC3)CC1. The maximum atomic E-state index is 13.1. The van der Waals surface area contributed by atoms with Crippen LogP contribution in [0.5, 0.6) is 0 Å². The third kappa shape index (κ3) is 4.24. The van der Waals surface area contributed by atoms with Gasteiger partial charge in [-0.1, -0.05) is 32.8 Å². The Labute approximate surface area is 175 Å². The number of fused-ring (bicyclic) bond motifs is 1. The van der Waals surface area contributed by atoms with Gasteiger partial charge in [0, 0.05) is 25.0 Å². The maximum Gasteiger partial charge on any atom is 0.243 e. The molecule has 1 aliphatic heterocycles. The Morgan fingerprint density at radius 1 is 1.00 bits per heavy atom. The fourth-order valence-corrected chi connectivity index (χ4v) is 6.82. The molecule has 4 rings (SSSR count). The van der Waals surface area contributed by atoms with Crippen molar-refractivity contribution in [3.8, 4) is 0 Å². The Hall–Kier alpha value is -1.40. The molecule has 5 nitrogen and oxygen atoms in total. The van der Waals surface area contributed by atoms with Crippen molar-refractivity contribution < 1.29 is 13.2 Å². The van der Waals surface area contributed by atoms with Gasteiger partial charge in [-0.25, -0.2) is 8.42 Å². The third-order valence-corrected chi connectivity index (χ3v) is 9.46. The molecule has 1 aromatic carbocycles. The van der Waals surface area contributed by atoms with Gasteiger partial charge in [0.2, 0.25) is 15.9 Å². The number of rotatable bonds is 4. The van der Waals surface area contributed by atoms with Crippen molar-refractivity contribution in [2.75, 3.05) is 13.1 Å². The minimum atomic E-state index is -3.47. The van der Waals surface area contributed by atoms with Crippen molar-refractivity contribution in [2.45, 2.75) is 76.2 Å². The van der Waals surface area contributed by atoms with E-state index in [1.54, 1.807) is 10.4 Å². The van der Waals surface area contributed by atoms with Crippen molar-refractivity contribution >= 4 is 15.9 Å². The molecule has 0 aromatic heterocycles. The molecule has 0 spiro atoms. The van der Waals surface area contributed by atoms with E-state index in [1.807, 2.05) is 12.1 Å². The monoisotopic (exact) mass is 418 g/mol. The minimum absolute atomic E-state index is 0.0779. The number of sulfonamides is 1. The first-order valence-corrected chi connectivity index (χ1v) is 12.7. The first-order chi connectivity index (χ1) is 13.9. The molecule has 1 saturated heterocycles. The Morgan fingerprint density at radius 2 is 1.72 bits per heavy atom. The van der Waals surface area contributed by atoms with E-state index >= 15 is 0 Å². The average Bonchev–Trinajstić information content (AvgIpc) is 3.19. The number of piperidine rings is 1. The molecule has 1 aromatic rings. The molecule has 3 aliphatic rings. The van der Waals surface area contributed by atoms with Crippen LogP contribution in [-0.2, 0) is 27.7 Å². The van der Waals surface area contributed by atoms with Crippen molar-refractivity contribution in [1.29, 1.82) is 0 Å². The molecule has 0 bridgehead atoms. The first kappa shape index (κ1) is 20.9. The Balaban J connectivity index is 1.35. The van der Waals surface area contributed by atoms with Crippen LogP contribution in [0.25, 0.3) is 0 Å². The lowest BCUT2D eigenvalue weighted by molar-refractivity contribution is -0.127. The highest BCUT2D eigenvalue weighted by Gasteiger charge is 2.35. The van der Waals surface area contributed by atoms with Crippen LogP contribution in [0.1, 0.15) is 63.5 Å². The fourth-order valence-electron chi connectivity index (χ4n) is 5.30. The van der Waals surface area contributed by atoms with E-state index < -0.39 is 10.0 Å². The number of hydrogen-bond acceptors (Lipinski definition) is 3. The summed E-state index contributed by atoms with van der Waals surface area (Å²) in [7, 11) is -3.47. The van der Waals surface area contributed by atoms with Gasteiger partial charge in [0.1, 0.15) is 0 Å². The lowest BCUT2D eigenvalue weighted by atomic mass is 9.78. The van der Waals surface area contributed by atoms with Crippen molar-refractivity contribution in [2.24, 2.45) is 17.8 Å². The molecule has 0 radical (unpaired) electrons. The number of nitrogens with zero attached hydrogens (tertiary/aromatic N) is 1. The number of benzene rings is 1. The molecule has 1 saturated carbocycles. The number of nitrogens with one attached hydrogen (secondary N) is 1. The molecular weight excluding hydrogens is 384 g/mol. The van der Waals surface area contributed by atoms with Crippen LogP contribution < -0.4 is 5.32 Å². The molecule has 29 heavy (non-hydrogen) atoms. The van der Waals surface area contributed by atoms with E-state index in [-0.39, 0.29) is 17.9 Å². The van der Waals surface area contributed by atoms with Gasteiger partial charge >= 0.3 is 0 Å². The van der Waals surface area contributed by atoms with Gasteiger partial charge in [0.15, 0.2) is 0 Å². The number of amides is 1. The van der Waals surface area contributed by atoms with E-state index in [0.717, 1.165) is 25.7 Å². The molecule has 3 atom stereocenters. The molecule has 6 heteroatoms. The van der Waals surface area contributed by atoms with E-state index in [0.29, 0.717) is 42.7 Å². The van der Waals surface area contributed by atoms with Gasteiger partial charge in [-0.2, -0.15) is 4.31 Å². The second-order valence-corrected chi connectivity index (χ2v) is 11.3. The standard InChI is InChI=1S/C23H34N2O3S/c1-16-5-3-8-22(17(16)2)24-23(26)19-11-13-25(14-12-19)29(27,28)21-10-9-18-6-4-7-20(18)15-21/h9-10,15-17,19,22H,3-8,11-14H2,1-2H3,(H,24,26)/t16-,17+,22+/m1/s1. The molecule has 0 unspecified atom stereocenters. The predicted octanol–water partition coefficient (Wildman–Crippen LogP) is 3.52. The predicted molar refractivity (Wildman–Crippen MR) is 114 cm³/mol. The normalized spacial score (nSPS) is 28.8. The summed E-state index contributed by atoms with van der Waals surface area (Å²) in [4.78, 5) is 13.2. The van der Waals surface area contributed by atoms with Gasteiger partial charge in [-0.15, -0.1) is 0 Å². The molecule has 1 N–H and O–H groups in total. The van der Waals surface area contributed by atoms with Gasteiger partial charge < -0.3 is 5.32 Å². The Morgan fingerprint density at radius 3 is 2.48 bits per heavy atom. The lowest BCUT2D eigenvalue weighted by Gasteiger charge is -2.36. The summed E-state index contributed by atoms with van der Waals surface area (Å²) in [5.41, 5.74) is 2.46. The Kier molecular flexibility index (Phi) is 6.03. The summed E-state index contributed by atoms with van der Waals surface area (Å²) >= 11 is 0. The molecule has 1 heterocycles. The quantitative estimate of drug-likeness (QED) is 0.814. The zero-order valence-corrected chi connectivity index (χ0v) is 18.5. The van der Waals surface area contributed by atoms with Gasteiger partial charge in [-0.05, 0) is 73.6 Å². The summed E-state index contributed by atoms with van der Waals surface area (Å²) in [6, 6.07) is 5.85. The van der Waals surface area contributed by atoms with Crippen LogP contribution >= 0.6 is 0 Å². The van der Waals surface area contributed by atoms with Gasteiger partial charge in [0.25, 0.3) is 0 Å². The van der Waals surface area contributed by atoms with Crippen molar-refractivity contribution in [3.63, 3.8) is 0 Å². The fraction of sp³-hybridized carbons (Fsp3) is 0.696. The number of carbonyl (C=O) groups excluding carboxylic acids is 1. The third-order valence-electron chi connectivity index (χ3n) is 7.57. The molecule has 2 aliphatic carbocycles. The number of hydrogen-bond donors (Lipinski definition) is 1. The molecule has 1 amide bonds. The van der Waals surface area contributed by atoms with Gasteiger partial charge in [-0.3, -0.25) is 4.79 Å². The maximum absolute atomic E-state index is 13.1. The smallest absolute Gasteiger partial charge is 0.243 e. The van der Waals surface area contributed by atoms with Crippen molar-refractivity contribution in [1.82, 2.24) is 9.62 Å². The summed E-state index contributed by atoms with van der Waals surface area (Å²) in [6.45, 7) is 5.36. The Bertz CT molecular complexity index is 859. The highest BCUT2D eigenvalue weighted by atomic mass is 32.2. The van der Waals surface area contributed by atoms with Gasteiger partial charge in [0.05, 0.1) is 4.90 Å². The topological polar surface area (TPSA) is 66.5 Å². The van der Waals surface area contributed by atoms with Crippen LogP contribution in [0.2, 0.25) is 0 Å². The molecule has 2 fully saturated rings. The zero-order valence-electron chi connectivity index (χ0n) is 17.7. The molecule has 160 valence electrons. The van der Waals surface area contributed by atoms with Crippen LogP contribution in [0.3, 0.4) is 0 Å². The van der Waals surface area contributed by atoms with Crippen LogP contribution in [-0.4, -0.2) is 37.8 Å². The van der Waals surface area contributed by atoms with Crippen LogP contribution in [0.4, 0.5) is 0 Å². The first-order valence-electron chi connectivity index (χ1n) is 11.3. The summed E-state index contributed by atoms with van der Waals surface area (Å²) < 4.78 is 27.7. The van der Waals surface area contributed by atoms with E-state index in [4.69, 9.17) is 0 Å². The largest absolute Gasteiger partial charge is 0.353 e. The highest BCUT2D eigenvalue weighted by molar-refractivity contribution is 7.89. The van der Waals surface area contributed by atoms with E-state index in [1.165, 1.54) is 24.0 Å². The highest BCUT2D eigenvalue weighted by Crippen LogP contribution is 2.31. The van der Waals surface area contributed by atoms with E-state index in [2.05, 4.69) is 19.2 Å². The number of carbonyl (C=O) groups is 1.